The summed E-state index contributed by atoms with van der Waals surface area (Å²) in [5.41, 5.74) is 5.01. The Labute approximate surface area is 189 Å². The van der Waals surface area contributed by atoms with Crippen molar-refractivity contribution in [1.29, 1.82) is 0 Å². The van der Waals surface area contributed by atoms with Gasteiger partial charge in [-0.2, -0.15) is 0 Å². The summed E-state index contributed by atoms with van der Waals surface area (Å²) in [6, 6.07) is 14.2. The van der Waals surface area contributed by atoms with Crippen molar-refractivity contribution in [1.82, 2.24) is 15.5 Å². The van der Waals surface area contributed by atoms with Crippen molar-refractivity contribution in [2.45, 2.75) is 45.3 Å². The van der Waals surface area contributed by atoms with Crippen LogP contribution in [0.15, 0.2) is 42.5 Å². The molecule has 2 aromatic rings. The van der Waals surface area contributed by atoms with E-state index in [1.54, 1.807) is 11.8 Å². The maximum absolute atomic E-state index is 12.3. The van der Waals surface area contributed by atoms with Gasteiger partial charge >= 0.3 is 6.09 Å². The molecule has 0 unspecified atom stereocenters. The maximum atomic E-state index is 12.3. The van der Waals surface area contributed by atoms with E-state index >= 15 is 0 Å². The Bertz CT molecular complexity index is 968. The lowest BCUT2D eigenvalue weighted by atomic mass is 9.89. The summed E-state index contributed by atoms with van der Waals surface area (Å²) in [5.74, 6) is -0.0339. The molecule has 2 atom stereocenters. The van der Waals surface area contributed by atoms with E-state index in [0.717, 1.165) is 55.1 Å². The van der Waals surface area contributed by atoms with Gasteiger partial charge in [0, 0.05) is 38.3 Å². The molecule has 2 amide bonds. The average Bonchev–Trinajstić information content (AvgIpc) is 3.02. The van der Waals surface area contributed by atoms with Crippen LogP contribution in [-0.4, -0.2) is 54.2 Å². The van der Waals surface area contributed by atoms with Crippen LogP contribution in [0.3, 0.4) is 0 Å². The van der Waals surface area contributed by atoms with Crippen molar-refractivity contribution >= 4 is 17.7 Å². The van der Waals surface area contributed by atoms with Crippen LogP contribution in [0.2, 0.25) is 0 Å². The number of amides is 2. The number of fused-ring (bicyclic) bond motifs is 1. The molecule has 1 fully saturated rings. The molecule has 2 heterocycles. The molecule has 32 heavy (non-hydrogen) atoms. The average molecular weight is 437 g/mol. The third-order valence-corrected chi connectivity index (χ3v) is 6.44. The molecule has 170 valence electrons. The lowest BCUT2D eigenvalue weighted by Crippen LogP contribution is -2.45. The predicted octanol–water partition coefficient (Wildman–Crippen LogP) is 3.60. The van der Waals surface area contributed by atoms with Gasteiger partial charge in [-0.1, -0.05) is 30.3 Å². The van der Waals surface area contributed by atoms with Crippen molar-refractivity contribution in [2.24, 2.45) is 0 Å². The van der Waals surface area contributed by atoms with Gasteiger partial charge in [-0.25, -0.2) is 4.79 Å². The minimum absolute atomic E-state index is 0.0339. The molecule has 2 aromatic carbocycles. The fourth-order valence-electron chi connectivity index (χ4n) is 4.93. The molecule has 0 spiro atoms. The number of nitrogens with one attached hydrogen (secondary N) is 2. The van der Waals surface area contributed by atoms with Crippen molar-refractivity contribution in [3.63, 3.8) is 0 Å². The van der Waals surface area contributed by atoms with Crippen molar-refractivity contribution < 1.29 is 14.7 Å². The van der Waals surface area contributed by atoms with Crippen LogP contribution >= 0.6 is 0 Å². The predicted molar refractivity (Wildman–Crippen MR) is 126 cm³/mol. The Morgan fingerprint density at radius 2 is 1.84 bits per heavy atom. The van der Waals surface area contributed by atoms with Crippen LogP contribution < -0.4 is 15.5 Å². The summed E-state index contributed by atoms with van der Waals surface area (Å²) >= 11 is 0. The van der Waals surface area contributed by atoms with Gasteiger partial charge in [-0.15, -0.1) is 0 Å². The Morgan fingerprint density at radius 3 is 2.56 bits per heavy atom. The number of hydrogen-bond acceptors (Lipinski definition) is 4. The Kier molecular flexibility index (Phi) is 6.77. The summed E-state index contributed by atoms with van der Waals surface area (Å²) in [6.07, 6.45) is 0.670. The lowest BCUT2D eigenvalue weighted by molar-refractivity contribution is -0.117. The van der Waals surface area contributed by atoms with Gasteiger partial charge in [0.05, 0.1) is 6.04 Å². The first-order valence-electron chi connectivity index (χ1n) is 11.4. The molecule has 7 nitrogen and oxygen atoms in total. The number of anilines is 1. The number of hydrogen-bond donors (Lipinski definition) is 3. The van der Waals surface area contributed by atoms with Crippen LogP contribution in [0, 0.1) is 0 Å². The highest BCUT2D eigenvalue weighted by atomic mass is 16.4. The second kappa shape index (κ2) is 9.71. The molecule has 0 aromatic heterocycles. The highest BCUT2D eigenvalue weighted by Gasteiger charge is 2.33. The molecule has 0 bridgehead atoms. The van der Waals surface area contributed by atoms with Gasteiger partial charge in [-0.3, -0.25) is 9.69 Å². The van der Waals surface area contributed by atoms with Crippen LogP contribution in [0.4, 0.5) is 10.5 Å². The quantitative estimate of drug-likeness (QED) is 0.682. The van der Waals surface area contributed by atoms with Crippen molar-refractivity contribution in [3.8, 4) is 11.1 Å². The van der Waals surface area contributed by atoms with Gasteiger partial charge < -0.3 is 20.6 Å². The first-order chi connectivity index (χ1) is 15.4. The van der Waals surface area contributed by atoms with Gasteiger partial charge in [-0.05, 0) is 67.2 Å². The molecule has 0 aliphatic carbocycles. The van der Waals surface area contributed by atoms with Gasteiger partial charge in [0.15, 0.2) is 0 Å². The van der Waals surface area contributed by atoms with Gasteiger partial charge in [0.25, 0.3) is 0 Å². The zero-order valence-electron chi connectivity index (χ0n) is 18.8. The highest BCUT2D eigenvalue weighted by Crippen LogP contribution is 2.39. The summed E-state index contributed by atoms with van der Waals surface area (Å²) in [5, 5.41) is 15.4. The first kappa shape index (κ1) is 22.3. The van der Waals surface area contributed by atoms with E-state index < -0.39 is 6.09 Å². The minimum Gasteiger partial charge on any atom is -0.465 e. The van der Waals surface area contributed by atoms with E-state index in [1.165, 1.54) is 12.0 Å². The fourth-order valence-corrected chi connectivity index (χ4v) is 4.93. The summed E-state index contributed by atoms with van der Waals surface area (Å²) < 4.78 is 0. The molecule has 0 saturated carbocycles. The Balaban J connectivity index is 1.59. The van der Waals surface area contributed by atoms with Gasteiger partial charge in [0.2, 0.25) is 5.91 Å². The molecular formula is C25H32N4O3. The minimum atomic E-state index is -1.05. The number of nitrogens with zero attached hydrogens (tertiary/aromatic N) is 2. The highest BCUT2D eigenvalue weighted by molar-refractivity contribution is 5.94. The first-order valence-corrected chi connectivity index (χ1v) is 11.4. The smallest absolute Gasteiger partial charge is 0.405 e. The zero-order valence-corrected chi connectivity index (χ0v) is 18.8. The third kappa shape index (κ3) is 4.95. The molecule has 2 aliphatic rings. The van der Waals surface area contributed by atoms with Crippen molar-refractivity contribution in [2.75, 3.05) is 31.1 Å². The van der Waals surface area contributed by atoms with Crippen LogP contribution in [0.25, 0.3) is 11.1 Å². The van der Waals surface area contributed by atoms with Crippen LogP contribution in [0.1, 0.15) is 43.9 Å². The van der Waals surface area contributed by atoms with E-state index in [4.69, 9.17) is 0 Å². The SMILES string of the molecule is CC(=O)N1c2ccc(-c3ccc(CN4CCCNCC4)cc3)cc2[C@H](NC(=O)O)C[C@@H]1C. The summed E-state index contributed by atoms with van der Waals surface area (Å²) in [4.78, 5) is 27.9. The monoisotopic (exact) mass is 436 g/mol. The zero-order chi connectivity index (χ0) is 22.7. The molecule has 0 radical (unpaired) electrons. The number of rotatable bonds is 4. The van der Waals surface area contributed by atoms with E-state index in [0.29, 0.717) is 6.42 Å². The number of carboxylic acid groups (broad SMARTS) is 1. The molecular weight excluding hydrogens is 404 g/mol. The van der Waals surface area contributed by atoms with E-state index in [1.807, 2.05) is 25.1 Å². The molecule has 3 N–H and O–H groups in total. The van der Waals surface area contributed by atoms with E-state index in [9.17, 15) is 14.7 Å². The molecule has 2 aliphatic heterocycles. The fraction of sp³-hybridized carbons (Fsp3) is 0.440. The molecule has 4 rings (SSSR count). The van der Waals surface area contributed by atoms with Crippen LogP contribution in [0.5, 0.6) is 0 Å². The lowest BCUT2D eigenvalue weighted by Gasteiger charge is -2.39. The summed E-state index contributed by atoms with van der Waals surface area (Å²) in [7, 11) is 0. The van der Waals surface area contributed by atoms with E-state index in [-0.39, 0.29) is 18.0 Å². The van der Waals surface area contributed by atoms with Crippen molar-refractivity contribution in [3.05, 3.63) is 53.6 Å². The third-order valence-electron chi connectivity index (χ3n) is 6.44. The van der Waals surface area contributed by atoms with Crippen LogP contribution in [-0.2, 0) is 11.3 Å². The Morgan fingerprint density at radius 1 is 1.09 bits per heavy atom. The summed E-state index contributed by atoms with van der Waals surface area (Å²) in [6.45, 7) is 8.76. The standard InChI is InChI=1S/C25H32N4O3/c1-17-14-23(27-25(31)32)22-15-21(8-9-24(22)29(17)18(2)30)20-6-4-19(5-7-20)16-28-12-3-10-26-11-13-28/h4-9,15,17,23,26-27H,3,10-14,16H2,1-2H3,(H,31,32)/t17-,23+/m0/s1. The number of benzene rings is 2. The number of carbonyl (C=O) groups is 2. The second-order valence-electron chi connectivity index (χ2n) is 8.83. The molecule has 1 saturated heterocycles. The second-order valence-corrected chi connectivity index (χ2v) is 8.83. The molecule has 7 heteroatoms. The largest absolute Gasteiger partial charge is 0.465 e. The maximum Gasteiger partial charge on any atom is 0.405 e. The topological polar surface area (TPSA) is 84.9 Å². The van der Waals surface area contributed by atoms with E-state index in [2.05, 4.69) is 39.8 Å². The number of carbonyl (C=O) groups excluding carboxylic acids is 1. The van der Waals surface area contributed by atoms with Gasteiger partial charge in [0.1, 0.15) is 0 Å². The Hall–Kier alpha value is -2.90. The normalized spacial score (nSPS) is 21.5.